The second-order valence-corrected chi connectivity index (χ2v) is 15.4. The molecule has 4 heterocycles. The minimum Gasteiger partial charge on any atom is -0.473 e. The molecule has 1 saturated heterocycles. The molecule has 8 aromatic rings. The van der Waals surface area contributed by atoms with Crippen LogP contribution in [0.1, 0.15) is 49.3 Å². The first kappa shape index (κ1) is 42.6. The van der Waals surface area contributed by atoms with Gasteiger partial charge in [0, 0.05) is 50.4 Å². The first-order valence-corrected chi connectivity index (χ1v) is 21.5. The van der Waals surface area contributed by atoms with Gasteiger partial charge in [-0.2, -0.15) is 10.1 Å². The second-order valence-electron chi connectivity index (χ2n) is 15.0. The average Bonchev–Trinajstić information content (AvgIpc) is 3.82. The van der Waals surface area contributed by atoms with E-state index < -0.39 is 0 Å². The maximum atomic E-state index is 12.7. The fourth-order valence-corrected chi connectivity index (χ4v) is 7.96. The van der Waals surface area contributed by atoms with Crippen molar-refractivity contribution in [3.63, 3.8) is 0 Å². The number of anilines is 1. The zero-order chi connectivity index (χ0) is 43.9. The lowest BCUT2D eigenvalue weighted by molar-refractivity contribution is 0.268. The third-order valence-electron chi connectivity index (χ3n) is 11.1. The Morgan fingerprint density at radius 2 is 1.38 bits per heavy atom. The molecule has 0 bridgehead atoms. The lowest BCUT2D eigenvalue weighted by Gasteiger charge is -2.34. The number of pyridine rings is 1. The van der Waals surface area contributed by atoms with Crippen molar-refractivity contribution in [3.8, 4) is 46.2 Å². The van der Waals surface area contributed by atoms with Gasteiger partial charge in [-0.25, -0.2) is 14.0 Å². The summed E-state index contributed by atoms with van der Waals surface area (Å²) in [5.41, 5.74) is 7.37. The van der Waals surface area contributed by atoms with Crippen LogP contribution in [0.2, 0.25) is 5.02 Å². The van der Waals surface area contributed by atoms with Crippen LogP contribution in [0.5, 0.6) is 29.3 Å². The molecule has 0 saturated carbocycles. The van der Waals surface area contributed by atoms with E-state index >= 15 is 0 Å². The molecule has 322 valence electrons. The molecule has 1 aliphatic rings. The molecule has 0 amide bonds. The monoisotopic (exact) mass is 863 g/mol. The number of rotatable bonds is 13. The molecule has 63 heavy (non-hydrogen) atoms. The highest BCUT2D eigenvalue weighted by molar-refractivity contribution is 6.32. The molecule has 0 radical (unpaired) electrons. The van der Waals surface area contributed by atoms with Gasteiger partial charge in [0.15, 0.2) is 0 Å². The molecule has 1 fully saturated rings. The van der Waals surface area contributed by atoms with Crippen molar-refractivity contribution in [2.75, 3.05) is 25.1 Å². The Morgan fingerprint density at radius 3 is 2.06 bits per heavy atom. The van der Waals surface area contributed by atoms with Crippen LogP contribution in [-0.2, 0) is 27.3 Å². The van der Waals surface area contributed by atoms with Gasteiger partial charge >= 0.3 is 11.7 Å². The van der Waals surface area contributed by atoms with E-state index in [9.17, 15) is 4.79 Å². The topological polar surface area (TPSA) is 111 Å². The number of benzene rings is 5. The van der Waals surface area contributed by atoms with Crippen molar-refractivity contribution in [2.24, 2.45) is 14.1 Å². The van der Waals surface area contributed by atoms with E-state index in [-0.39, 0.29) is 11.7 Å². The Hall–Kier alpha value is -7.05. The standard InChI is InChI=1S/C48H44ClN7O5.C2H6/c1-53-42-28-36(16-20-39(42)45(51-53)40-21-23-44(59-30-32-10-6-4-7-11-32)50-46(40)60-31-33-12-8-5-9-13-33)55-26-24-35(25-27-55)34-14-18-38(19-15-34)61-43-29-37(17-22-41(43)49)56-47(58-3)52-54(2)48(56)57;1-2/h4-23,28-29,35H,24-27,30-31H2,1-3H3;1-2H3. The molecule has 0 atom stereocenters. The number of ether oxygens (including phenoxy) is 4. The van der Waals surface area contributed by atoms with Crippen molar-refractivity contribution in [1.82, 2.24) is 29.1 Å². The highest BCUT2D eigenvalue weighted by Crippen LogP contribution is 2.39. The van der Waals surface area contributed by atoms with Crippen molar-refractivity contribution in [3.05, 3.63) is 166 Å². The molecule has 0 spiro atoms. The van der Waals surface area contributed by atoms with Crippen LogP contribution in [0.25, 0.3) is 27.8 Å². The van der Waals surface area contributed by atoms with Crippen LogP contribution in [0, 0.1) is 0 Å². The summed E-state index contributed by atoms with van der Waals surface area (Å²) in [6.07, 6.45) is 2.02. The molecule has 5 aromatic carbocycles. The first-order chi connectivity index (χ1) is 30.8. The molecule has 0 unspecified atom stereocenters. The van der Waals surface area contributed by atoms with E-state index in [1.54, 1.807) is 25.2 Å². The van der Waals surface area contributed by atoms with Gasteiger partial charge < -0.3 is 23.8 Å². The van der Waals surface area contributed by atoms with Crippen molar-refractivity contribution < 1.29 is 18.9 Å². The van der Waals surface area contributed by atoms with E-state index in [2.05, 4.69) is 40.3 Å². The molecule has 3 aromatic heterocycles. The van der Waals surface area contributed by atoms with E-state index in [0.29, 0.717) is 53.1 Å². The van der Waals surface area contributed by atoms with Gasteiger partial charge in [0.2, 0.25) is 11.8 Å². The highest BCUT2D eigenvalue weighted by Gasteiger charge is 2.24. The summed E-state index contributed by atoms with van der Waals surface area (Å²) in [5, 5.41) is 10.6. The lowest BCUT2D eigenvalue weighted by atomic mass is 9.89. The summed E-state index contributed by atoms with van der Waals surface area (Å²) in [5.74, 6) is 2.44. The SMILES string of the molecule is CC.COc1nn(C)c(=O)n1-c1ccc(Cl)c(Oc2ccc(C3CCN(c4ccc5c(-c6ccc(OCc7ccccc7)nc6OCc6ccccc6)nn(C)c5c4)CC3)cc2)c1. The number of hydrogen-bond donors (Lipinski definition) is 0. The summed E-state index contributed by atoms with van der Waals surface area (Å²) < 4.78 is 28.5. The first-order valence-electron chi connectivity index (χ1n) is 21.2. The fourth-order valence-electron chi connectivity index (χ4n) is 7.80. The quantitative estimate of drug-likeness (QED) is 0.112. The Balaban J connectivity index is 0.00000268. The zero-order valence-electron chi connectivity index (χ0n) is 36.1. The Kier molecular flexibility index (Phi) is 13.1. The summed E-state index contributed by atoms with van der Waals surface area (Å²) in [4.78, 5) is 20.0. The number of hydrogen-bond acceptors (Lipinski definition) is 9. The van der Waals surface area contributed by atoms with Gasteiger partial charge in [-0.3, -0.25) is 4.68 Å². The predicted octanol–water partition coefficient (Wildman–Crippen LogP) is 10.5. The van der Waals surface area contributed by atoms with Gasteiger partial charge in [0.1, 0.15) is 30.4 Å². The summed E-state index contributed by atoms with van der Waals surface area (Å²) in [6.45, 7) is 6.61. The molecular weight excluding hydrogens is 814 g/mol. The van der Waals surface area contributed by atoms with Crippen LogP contribution >= 0.6 is 11.6 Å². The number of nitrogens with zero attached hydrogens (tertiary/aromatic N) is 7. The van der Waals surface area contributed by atoms with Gasteiger partial charge in [-0.1, -0.05) is 98.2 Å². The number of aromatic nitrogens is 6. The third kappa shape index (κ3) is 9.41. The van der Waals surface area contributed by atoms with Gasteiger partial charge in [-0.15, -0.1) is 5.10 Å². The van der Waals surface area contributed by atoms with Crippen molar-refractivity contribution in [1.29, 1.82) is 0 Å². The number of methoxy groups -OCH3 is 1. The van der Waals surface area contributed by atoms with Gasteiger partial charge in [-0.05, 0) is 84.0 Å². The third-order valence-corrected chi connectivity index (χ3v) is 11.4. The van der Waals surface area contributed by atoms with Crippen LogP contribution in [0.4, 0.5) is 5.69 Å². The summed E-state index contributed by atoms with van der Waals surface area (Å²) in [6, 6.07) is 44.0. The van der Waals surface area contributed by atoms with E-state index in [0.717, 1.165) is 64.9 Å². The fraction of sp³-hybridized carbons (Fsp3) is 0.240. The van der Waals surface area contributed by atoms with Crippen LogP contribution in [-0.4, -0.2) is 49.3 Å². The average molecular weight is 864 g/mol. The number of aryl methyl sites for hydroxylation is 2. The number of fused-ring (bicyclic) bond motifs is 1. The van der Waals surface area contributed by atoms with Crippen LogP contribution in [0.3, 0.4) is 0 Å². The minimum atomic E-state index is -0.340. The normalized spacial score (nSPS) is 12.8. The van der Waals surface area contributed by atoms with Crippen LogP contribution < -0.4 is 29.5 Å². The van der Waals surface area contributed by atoms with Crippen molar-refractivity contribution in [2.45, 2.75) is 45.8 Å². The second kappa shape index (κ2) is 19.3. The van der Waals surface area contributed by atoms with Crippen LogP contribution in [0.15, 0.2) is 138 Å². The number of halogens is 1. The molecule has 1 aliphatic heterocycles. The smallest absolute Gasteiger partial charge is 0.353 e. The Bertz CT molecular complexity index is 2850. The highest BCUT2D eigenvalue weighted by atomic mass is 35.5. The minimum absolute atomic E-state index is 0.170. The predicted molar refractivity (Wildman–Crippen MR) is 248 cm³/mol. The molecular formula is C50H50ClN7O5. The van der Waals surface area contributed by atoms with E-state index in [1.807, 2.05) is 111 Å². The number of piperidine rings is 1. The lowest BCUT2D eigenvalue weighted by Crippen LogP contribution is -2.32. The largest absolute Gasteiger partial charge is 0.473 e. The van der Waals surface area contributed by atoms with Gasteiger partial charge in [0.25, 0.3) is 0 Å². The maximum Gasteiger partial charge on any atom is 0.353 e. The molecule has 0 aliphatic carbocycles. The summed E-state index contributed by atoms with van der Waals surface area (Å²) >= 11 is 6.52. The van der Waals surface area contributed by atoms with E-state index in [4.69, 9.17) is 40.6 Å². The Morgan fingerprint density at radius 1 is 0.714 bits per heavy atom. The van der Waals surface area contributed by atoms with Gasteiger partial charge in [0.05, 0.1) is 28.9 Å². The molecule has 13 heteroatoms. The van der Waals surface area contributed by atoms with Crippen molar-refractivity contribution >= 4 is 28.2 Å². The summed E-state index contributed by atoms with van der Waals surface area (Å²) in [7, 11) is 5.02. The van der Waals surface area contributed by atoms with E-state index in [1.165, 1.54) is 21.9 Å². The molecule has 0 N–H and O–H groups in total. The maximum absolute atomic E-state index is 12.7. The zero-order valence-corrected chi connectivity index (χ0v) is 36.8. The molecule has 12 nitrogen and oxygen atoms in total. The Labute approximate surface area is 371 Å². The molecule has 9 rings (SSSR count).